The molecule has 13 nitrogen and oxygen atoms in total. The number of anilines is 2. The van der Waals surface area contributed by atoms with Crippen LogP contribution in [0.3, 0.4) is 0 Å². The third kappa shape index (κ3) is 5.49. The van der Waals surface area contributed by atoms with Crippen LogP contribution in [-0.2, 0) is 36.9 Å². The molecule has 7 N–H and O–H groups in total. The fourth-order valence-electron chi connectivity index (χ4n) is 6.81. The molecule has 2 amide bonds. The normalized spacial score (nSPS) is 23.7. The molecule has 0 bridgehead atoms. The minimum atomic E-state index is -2.74. The molecular weight excluding hydrogens is 620 g/mol. The number of carbonyl (C=O) groups is 4. The van der Waals surface area contributed by atoms with Crippen molar-refractivity contribution in [2.24, 2.45) is 17.6 Å². The lowest BCUT2D eigenvalue weighted by Gasteiger charge is -2.50. The van der Waals surface area contributed by atoms with E-state index in [9.17, 15) is 39.6 Å². The van der Waals surface area contributed by atoms with Gasteiger partial charge >= 0.3 is 0 Å². The lowest BCUT2D eigenvalue weighted by atomic mass is 9.57. The maximum Gasteiger partial charge on any atom is 0.255 e. The molecule has 0 aliphatic heterocycles. The van der Waals surface area contributed by atoms with Gasteiger partial charge in [-0.05, 0) is 50.0 Å². The van der Waals surface area contributed by atoms with Gasteiger partial charge in [-0.3, -0.25) is 24.1 Å². The van der Waals surface area contributed by atoms with Gasteiger partial charge in [-0.25, -0.2) is 0 Å². The molecule has 0 spiro atoms. The van der Waals surface area contributed by atoms with E-state index >= 15 is 0 Å². The molecule has 46 heavy (non-hydrogen) atoms. The molecule has 1 fully saturated rings. The summed E-state index contributed by atoms with van der Waals surface area (Å²) in [6.45, 7) is -0.142. The highest BCUT2D eigenvalue weighted by molar-refractivity contribution is 6.24. The quantitative estimate of drug-likeness (QED) is 0.178. The van der Waals surface area contributed by atoms with Gasteiger partial charge in [-0.15, -0.1) is 12.4 Å². The van der Waals surface area contributed by atoms with Gasteiger partial charge in [-0.1, -0.05) is 30.3 Å². The number of aliphatic hydroxyl groups excluding tert-OH is 2. The number of aromatic hydroxyl groups is 1. The number of phenols is 1. The molecule has 14 heteroatoms. The van der Waals surface area contributed by atoms with E-state index in [1.54, 1.807) is 25.1 Å². The summed E-state index contributed by atoms with van der Waals surface area (Å²) in [7, 11) is 6.55. The maximum absolute atomic E-state index is 14.1. The Labute approximate surface area is 271 Å². The van der Waals surface area contributed by atoms with Crippen LogP contribution in [0.5, 0.6) is 5.75 Å². The Bertz CT molecular complexity index is 1670. The van der Waals surface area contributed by atoms with Crippen molar-refractivity contribution in [1.29, 1.82) is 0 Å². The zero-order chi connectivity index (χ0) is 33.0. The molecule has 1 saturated carbocycles. The second kappa shape index (κ2) is 12.8. The number of ketones is 2. The van der Waals surface area contributed by atoms with Crippen molar-refractivity contribution in [3.05, 3.63) is 70.0 Å². The van der Waals surface area contributed by atoms with Crippen molar-refractivity contribution in [3.63, 3.8) is 0 Å². The van der Waals surface area contributed by atoms with E-state index in [0.29, 0.717) is 11.3 Å². The number of aliphatic hydroxyl groups is 3. The van der Waals surface area contributed by atoms with E-state index in [4.69, 9.17) is 10.5 Å². The lowest BCUT2D eigenvalue weighted by molar-refractivity contribution is -0.153. The van der Waals surface area contributed by atoms with Crippen LogP contribution < -0.4 is 16.0 Å². The van der Waals surface area contributed by atoms with Gasteiger partial charge in [0.15, 0.2) is 11.4 Å². The number of nitrogens with two attached hydrogens (primary N) is 1. The Balaban J connectivity index is 0.00000480. The molecule has 2 aromatic rings. The number of nitrogens with one attached hydrogen (secondary N) is 1. The van der Waals surface area contributed by atoms with Crippen molar-refractivity contribution in [3.8, 4) is 5.75 Å². The molecule has 4 atom stereocenters. The molecule has 0 aromatic heterocycles. The summed E-state index contributed by atoms with van der Waals surface area (Å²) < 4.78 is 5.50. The van der Waals surface area contributed by atoms with E-state index in [-0.39, 0.29) is 55.3 Å². The molecule has 0 saturated heterocycles. The minimum Gasteiger partial charge on any atom is -0.508 e. The van der Waals surface area contributed by atoms with E-state index in [0.717, 1.165) is 5.56 Å². The third-order valence-corrected chi connectivity index (χ3v) is 8.80. The smallest absolute Gasteiger partial charge is 0.255 e. The summed E-state index contributed by atoms with van der Waals surface area (Å²) in [6, 6.07) is 9.61. The van der Waals surface area contributed by atoms with Gasteiger partial charge in [0, 0.05) is 31.3 Å². The summed E-state index contributed by atoms with van der Waals surface area (Å²) in [5.41, 5.74) is 3.17. The van der Waals surface area contributed by atoms with Crippen LogP contribution in [-0.4, -0.2) is 95.1 Å². The predicted octanol–water partition coefficient (Wildman–Crippen LogP) is 1.61. The van der Waals surface area contributed by atoms with Crippen LogP contribution in [0.2, 0.25) is 0 Å². The first-order valence-electron chi connectivity index (χ1n) is 14.3. The zero-order valence-corrected chi connectivity index (χ0v) is 26.6. The Morgan fingerprint density at radius 2 is 1.74 bits per heavy atom. The average molecular weight is 657 g/mol. The molecule has 0 radical (unpaired) electrons. The highest BCUT2D eigenvalue weighted by Gasteiger charge is 2.64. The second-order valence-corrected chi connectivity index (χ2v) is 12.0. The number of likely N-dealkylation sites (N-methyl/N-ethyl adjacent to an activating group) is 1. The molecule has 0 heterocycles. The van der Waals surface area contributed by atoms with Crippen LogP contribution in [0.15, 0.2) is 53.3 Å². The van der Waals surface area contributed by atoms with Gasteiger partial charge in [0.2, 0.25) is 11.7 Å². The Morgan fingerprint density at radius 3 is 2.33 bits per heavy atom. The SMILES string of the molecule is CN(C)c1cc(NC(=O)COCc2ccccc2)c(O)c2c1CC1CC3[C@H](N(C)C)C(=O)C(C(N)=O)=C(O)C3(O)C(=O)C1=C2O.Cl. The molecule has 2 aromatic carbocycles. The number of nitrogens with zero attached hydrogens (tertiary/aromatic N) is 2. The Hall–Kier alpha value is -4.43. The van der Waals surface area contributed by atoms with Gasteiger partial charge in [0.1, 0.15) is 29.4 Å². The minimum absolute atomic E-state index is 0. The Morgan fingerprint density at radius 1 is 1.09 bits per heavy atom. The monoisotopic (exact) mass is 656 g/mol. The molecular formula is C32H37ClN4O9. The van der Waals surface area contributed by atoms with Crippen LogP contribution in [0.25, 0.3) is 5.76 Å². The summed E-state index contributed by atoms with van der Waals surface area (Å²) in [5.74, 6) is -8.04. The molecule has 5 rings (SSSR count). The summed E-state index contributed by atoms with van der Waals surface area (Å²) in [6.07, 6.45) is 0.0840. The molecule has 246 valence electrons. The molecule has 3 aliphatic rings. The number of hydrogen-bond acceptors (Lipinski definition) is 11. The van der Waals surface area contributed by atoms with E-state index in [2.05, 4.69) is 5.32 Å². The number of hydrogen-bond donors (Lipinski definition) is 6. The first kappa shape index (κ1) is 34.4. The van der Waals surface area contributed by atoms with E-state index in [1.807, 2.05) is 30.3 Å². The van der Waals surface area contributed by atoms with Gasteiger partial charge in [0.05, 0.1) is 23.9 Å². The highest BCUT2D eigenvalue weighted by Crippen LogP contribution is 2.54. The topological polar surface area (TPSA) is 203 Å². The van der Waals surface area contributed by atoms with Crippen molar-refractivity contribution in [2.45, 2.75) is 31.1 Å². The molecule has 3 unspecified atom stereocenters. The Kier molecular flexibility index (Phi) is 9.55. The average Bonchev–Trinajstić information content (AvgIpc) is 2.96. The number of Topliss-reactive ketones (excluding diaryl/α,β-unsaturated/α-hetero) is 2. The van der Waals surface area contributed by atoms with Crippen molar-refractivity contribution < 1.29 is 44.3 Å². The van der Waals surface area contributed by atoms with Gasteiger partial charge < -0.3 is 41.1 Å². The number of primary amides is 1. The number of halogens is 1. The van der Waals surface area contributed by atoms with Crippen molar-refractivity contribution >= 4 is 52.9 Å². The highest BCUT2D eigenvalue weighted by atomic mass is 35.5. The summed E-state index contributed by atoms with van der Waals surface area (Å²) in [5, 5.41) is 48.4. The number of fused-ring (bicyclic) bond motifs is 3. The largest absolute Gasteiger partial charge is 0.508 e. The first-order valence-corrected chi connectivity index (χ1v) is 14.3. The first-order chi connectivity index (χ1) is 21.2. The van der Waals surface area contributed by atoms with E-state index in [1.165, 1.54) is 19.0 Å². The molecule has 3 aliphatic carbocycles. The number of rotatable bonds is 8. The zero-order valence-electron chi connectivity index (χ0n) is 25.7. The maximum atomic E-state index is 14.1. The third-order valence-electron chi connectivity index (χ3n) is 8.80. The fraction of sp³-hybridized carbons (Fsp3) is 0.375. The van der Waals surface area contributed by atoms with Gasteiger partial charge in [0.25, 0.3) is 5.91 Å². The number of phenolic OH excluding ortho intramolecular Hbond substituents is 1. The predicted molar refractivity (Wildman–Crippen MR) is 171 cm³/mol. The van der Waals surface area contributed by atoms with Crippen molar-refractivity contribution in [1.82, 2.24) is 4.90 Å². The number of benzene rings is 2. The second-order valence-electron chi connectivity index (χ2n) is 12.0. The van der Waals surface area contributed by atoms with Crippen LogP contribution in [0.4, 0.5) is 11.4 Å². The lowest BCUT2D eigenvalue weighted by Crippen LogP contribution is -2.65. The van der Waals surface area contributed by atoms with Crippen LogP contribution in [0, 0.1) is 11.8 Å². The number of carbonyl (C=O) groups excluding carboxylic acids is 4. The number of amides is 2. The van der Waals surface area contributed by atoms with Crippen molar-refractivity contribution in [2.75, 3.05) is 45.0 Å². The summed E-state index contributed by atoms with van der Waals surface area (Å²) >= 11 is 0. The summed E-state index contributed by atoms with van der Waals surface area (Å²) in [4.78, 5) is 55.5. The van der Waals surface area contributed by atoms with Gasteiger partial charge in [-0.2, -0.15) is 0 Å². The fourth-order valence-corrected chi connectivity index (χ4v) is 6.81. The van der Waals surface area contributed by atoms with Crippen LogP contribution in [0.1, 0.15) is 23.1 Å². The standard InChI is InChI=1S/C32H36N4O9.ClH/c1-35(2)20-12-19(34-21(37)14-45-13-15-8-6-5-7-9-15)26(38)23-17(20)10-16-11-18-25(36(3)4)28(40)24(31(33)43)30(42)32(18,44)29(41)22(16)27(23)39;/h5-9,12,16,18,25,38-39,42,44H,10-11,13-14H2,1-4H3,(H2,33,43)(H,34,37);1H/t16?,18?,25-,32?;/m0./s1. The number of ether oxygens (including phenoxy) is 1. The van der Waals surface area contributed by atoms with E-state index < -0.39 is 69.7 Å². The van der Waals surface area contributed by atoms with Crippen LogP contribution >= 0.6 is 12.4 Å².